The summed E-state index contributed by atoms with van der Waals surface area (Å²) < 4.78 is 0. The molecule has 0 aliphatic heterocycles. The summed E-state index contributed by atoms with van der Waals surface area (Å²) in [7, 11) is 0. The van der Waals surface area contributed by atoms with E-state index in [1.807, 2.05) is 12.1 Å². The van der Waals surface area contributed by atoms with Crippen molar-refractivity contribution in [1.82, 2.24) is 0 Å². The molecule has 4 N–H and O–H groups in total. The smallest absolute Gasteiger partial charge is 0.174 e. The van der Waals surface area contributed by atoms with Crippen LogP contribution in [0.15, 0.2) is 97.1 Å². The fraction of sp³-hybridized carbons (Fsp3) is 0.103. The standard InChI is InChI=1S/C29H24O6/c30-20-11-13-22(26(32)15-20)28(34)24(18-7-3-1-4-8-18)17-25(19-9-5-2-6-10-19)29(35)23-14-12-21(31)16-27(23)33/h1-16,24-25,30-33H,17H2. The lowest BCUT2D eigenvalue weighted by Gasteiger charge is -2.24. The Balaban J connectivity index is 1.80. The van der Waals surface area contributed by atoms with E-state index in [1.54, 1.807) is 48.5 Å². The Labute approximate surface area is 202 Å². The molecule has 0 aliphatic rings. The second kappa shape index (κ2) is 10.1. The number of aromatic hydroxyl groups is 4. The van der Waals surface area contributed by atoms with Crippen LogP contribution in [0.1, 0.15) is 50.1 Å². The first-order chi connectivity index (χ1) is 16.8. The molecule has 0 aromatic heterocycles. The van der Waals surface area contributed by atoms with E-state index in [1.165, 1.54) is 24.3 Å². The number of carbonyl (C=O) groups excluding carboxylic acids is 2. The van der Waals surface area contributed by atoms with Gasteiger partial charge in [0.2, 0.25) is 0 Å². The quantitative estimate of drug-likeness (QED) is 0.253. The molecule has 4 aromatic rings. The van der Waals surface area contributed by atoms with Crippen LogP contribution in [0.5, 0.6) is 23.0 Å². The number of hydrogen-bond donors (Lipinski definition) is 4. The summed E-state index contributed by atoms with van der Waals surface area (Å²) in [6.45, 7) is 0. The van der Waals surface area contributed by atoms with Gasteiger partial charge in [-0.05, 0) is 41.8 Å². The molecule has 0 aliphatic carbocycles. The van der Waals surface area contributed by atoms with E-state index >= 15 is 0 Å². The number of carbonyl (C=O) groups is 2. The van der Waals surface area contributed by atoms with Gasteiger partial charge in [-0.15, -0.1) is 0 Å². The average Bonchev–Trinajstić information content (AvgIpc) is 2.85. The first-order valence-corrected chi connectivity index (χ1v) is 11.1. The van der Waals surface area contributed by atoms with Gasteiger partial charge in [-0.1, -0.05) is 60.7 Å². The third-order valence-electron chi connectivity index (χ3n) is 6.00. The van der Waals surface area contributed by atoms with Crippen molar-refractivity contribution >= 4 is 11.6 Å². The largest absolute Gasteiger partial charge is 0.508 e. The Hall–Kier alpha value is -4.58. The Bertz CT molecular complexity index is 1240. The number of phenolic OH excluding ortho intramolecular Hbond substituents is 4. The molecule has 4 aromatic carbocycles. The zero-order valence-corrected chi connectivity index (χ0v) is 18.7. The highest BCUT2D eigenvalue weighted by Gasteiger charge is 2.32. The van der Waals surface area contributed by atoms with Gasteiger partial charge in [0.15, 0.2) is 11.6 Å². The molecule has 0 radical (unpaired) electrons. The maximum absolute atomic E-state index is 13.7. The summed E-state index contributed by atoms with van der Waals surface area (Å²) in [6, 6.07) is 25.5. The molecule has 0 saturated carbocycles. The van der Waals surface area contributed by atoms with Crippen molar-refractivity contribution in [3.63, 3.8) is 0 Å². The number of phenols is 4. The number of hydrogen-bond acceptors (Lipinski definition) is 6. The minimum absolute atomic E-state index is 0.0309. The Morgan fingerprint density at radius 2 is 0.914 bits per heavy atom. The van der Waals surface area contributed by atoms with Gasteiger partial charge in [0.1, 0.15) is 23.0 Å². The molecule has 2 unspecified atom stereocenters. The van der Waals surface area contributed by atoms with Crippen LogP contribution in [0.2, 0.25) is 0 Å². The average molecular weight is 469 g/mol. The van der Waals surface area contributed by atoms with Crippen molar-refractivity contribution in [3.8, 4) is 23.0 Å². The molecule has 35 heavy (non-hydrogen) atoms. The van der Waals surface area contributed by atoms with Crippen LogP contribution >= 0.6 is 0 Å². The van der Waals surface area contributed by atoms with E-state index in [-0.39, 0.29) is 40.5 Å². The second-order valence-electron chi connectivity index (χ2n) is 8.29. The van der Waals surface area contributed by atoms with E-state index < -0.39 is 23.4 Å². The van der Waals surface area contributed by atoms with Gasteiger partial charge >= 0.3 is 0 Å². The van der Waals surface area contributed by atoms with Crippen LogP contribution in [-0.4, -0.2) is 32.0 Å². The molecule has 176 valence electrons. The maximum atomic E-state index is 13.7. The van der Waals surface area contributed by atoms with Gasteiger partial charge in [-0.25, -0.2) is 0 Å². The predicted molar refractivity (Wildman–Crippen MR) is 131 cm³/mol. The molecular formula is C29H24O6. The third kappa shape index (κ3) is 5.17. The van der Waals surface area contributed by atoms with Crippen molar-refractivity contribution in [2.75, 3.05) is 0 Å². The topological polar surface area (TPSA) is 115 Å². The number of ketones is 2. The summed E-state index contributed by atoms with van der Waals surface area (Å²) in [6.07, 6.45) is 0.0618. The van der Waals surface area contributed by atoms with Crippen molar-refractivity contribution in [2.24, 2.45) is 0 Å². The van der Waals surface area contributed by atoms with Crippen LogP contribution in [0.4, 0.5) is 0 Å². The molecule has 0 amide bonds. The number of benzene rings is 4. The van der Waals surface area contributed by atoms with E-state index in [0.29, 0.717) is 11.1 Å². The van der Waals surface area contributed by atoms with E-state index in [4.69, 9.17) is 0 Å². The third-order valence-corrected chi connectivity index (χ3v) is 6.00. The Morgan fingerprint density at radius 1 is 0.543 bits per heavy atom. The van der Waals surface area contributed by atoms with Crippen molar-refractivity contribution in [3.05, 3.63) is 119 Å². The van der Waals surface area contributed by atoms with E-state index in [2.05, 4.69) is 0 Å². The van der Waals surface area contributed by atoms with Gasteiger partial charge in [-0.3, -0.25) is 9.59 Å². The van der Waals surface area contributed by atoms with Gasteiger partial charge in [0.25, 0.3) is 0 Å². The molecule has 0 fully saturated rings. The number of Topliss-reactive ketones (excluding diaryl/α,β-unsaturated/α-hetero) is 2. The lowest BCUT2D eigenvalue weighted by molar-refractivity contribution is 0.0916. The van der Waals surface area contributed by atoms with Crippen LogP contribution in [0.25, 0.3) is 0 Å². The maximum Gasteiger partial charge on any atom is 0.174 e. The normalized spacial score (nSPS) is 12.6. The summed E-state index contributed by atoms with van der Waals surface area (Å²) in [5.41, 5.74) is 1.38. The fourth-order valence-corrected chi connectivity index (χ4v) is 4.23. The van der Waals surface area contributed by atoms with Crippen LogP contribution in [0.3, 0.4) is 0 Å². The molecule has 6 nitrogen and oxygen atoms in total. The molecule has 0 heterocycles. The highest BCUT2D eigenvalue weighted by Crippen LogP contribution is 2.38. The van der Waals surface area contributed by atoms with E-state index in [0.717, 1.165) is 12.1 Å². The van der Waals surface area contributed by atoms with Gasteiger partial charge < -0.3 is 20.4 Å². The van der Waals surface area contributed by atoms with Crippen molar-refractivity contribution in [2.45, 2.75) is 18.3 Å². The van der Waals surface area contributed by atoms with Gasteiger partial charge in [0, 0.05) is 24.0 Å². The van der Waals surface area contributed by atoms with Gasteiger partial charge in [-0.2, -0.15) is 0 Å². The molecule has 6 heteroatoms. The SMILES string of the molecule is O=C(c1ccc(O)cc1O)C(CC(C(=O)c1ccc(O)cc1O)c1ccccc1)c1ccccc1. The monoisotopic (exact) mass is 468 g/mol. The lowest BCUT2D eigenvalue weighted by Crippen LogP contribution is -2.21. The molecule has 4 rings (SSSR count). The molecule has 0 saturated heterocycles. The lowest BCUT2D eigenvalue weighted by atomic mass is 9.78. The Morgan fingerprint density at radius 3 is 1.26 bits per heavy atom. The Kier molecular flexibility index (Phi) is 6.83. The first kappa shape index (κ1) is 23.6. The second-order valence-corrected chi connectivity index (χ2v) is 8.29. The van der Waals surface area contributed by atoms with Crippen LogP contribution in [-0.2, 0) is 0 Å². The summed E-state index contributed by atoms with van der Waals surface area (Å²) in [5.74, 6) is -3.47. The first-order valence-electron chi connectivity index (χ1n) is 11.1. The van der Waals surface area contributed by atoms with Crippen molar-refractivity contribution in [1.29, 1.82) is 0 Å². The highest BCUT2D eigenvalue weighted by atomic mass is 16.3. The molecule has 0 bridgehead atoms. The van der Waals surface area contributed by atoms with E-state index in [9.17, 15) is 30.0 Å². The molecule has 2 atom stereocenters. The molecular weight excluding hydrogens is 444 g/mol. The fourth-order valence-electron chi connectivity index (χ4n) is 4.23. The zero-order valence-electron chi connectivity index (χ0n) is 18.7. The predicted octanol–water partition coefficient (Wildman–Crippen LogP) is 5.53. The minimum Gasteiger partial charge on any atom is -0.508 e. The van der Waals surface area contributed by atoms with Gasteiger partial charge in [0.05, 0.1) is 11.1 Å². The van der Waals surface area contributed by atoms with Crippen LogP contribution in [0, 0.1) is 0 Å². The summed E-state index contributed by atoms with van der Waals surface area (Å²) >= 11 is 0. The summed E-state index contributed by atoms with van der Waals surface area (Å²) in [5, 5.41) is 40.0. The van der Waals surface area contributed by atoms with Crippen LogP contribution < -0.4 is 0 Å². The van der Waals surface area contributed by atoms with Crippen molar-refractivity contribution < 1.29 is 30.0 Å². The minimum atomic E-state index is -0.806. The number of rotatable bonds is 8. The molecule has 0 spiro atoms. The zero-order chi connectivity index (χ0) is 24.9. The highest BCUT2D eigenvalue weighted by molar-refractivity contribution is 6.06. The summed E-state index contributed by atoms with van der Waals surface area (Å²) in [4.78, 5) is 27.4.